The first-order valence-electron chi connectivity index (χ1n) is 8.58. The Morgan fingerprint density at radius 3 is 2.55 bits per heavy atom. The monoisotopic (exact) mass is 472 g/mol. The number of rotatable bonds is 4. The number of halogens is 2. The zero-order chi connectivity index (χ0) is 20.5. The van der Waals surface area contributed by atoms with Gasteiger partial charge < -0.3 is 18.8 Å². The molecule has 0 radical (unpaired) electrons. The van der Waals surface area contributed by atoms with Gasteiger partial charge in [0, 0.05) is 12.1 Å². The minimum Gasteiger partial charge on any atom is -0.486 e. The molecule has 0 N–H and O–H groups in total. The zero-order valence-electron chi connectivity index (χ0n) is 15.1. The second-order valence-corrected chi connectivity index (χ2v) is 9.19. The molecule has 1 aromatic carbocycles. The maximum Gasteiger partial charge on any atom is 0.326 e. The second-order valence-electron chi connectivity index (χ2n) is 5.89. The van der Waals surface area contributed by atoms with Gasteiger partial charge in [-0.05, 0) is 13.0 Å². The standard InChI is InChI=1S/C18H14Cl2N2O5S2/c1-2-25-15(23)8-22-10-6-11-12(27-4-3-26-11)7-13(10)28-18(22)21-17(24)9-5-14(19)29-16(9)20/h5-7H,2-4,8H2,1H3. The van der Waals surface area contributed by atoms with Gasteiger partial charge >= 0.3 is 5.97 Å². The Morgan fingerprint density at radius 1 is 1.17 bits per heavy atom. The molecule has 4 rings (SSSR count). The number of nitrogens with zero attached hydrogens (tertiary/aromatic N) is 2. The van der Waals surface area contributed by atoms with Crippen LogP contribution < -0.4 is 14.3 Å². The van der Waals surface area contributed by atoms with E-state index >= 15 is 0 Å². The van der Waals surface area contributed by atoms with Gasteiger partial charge in [0.25, 0.3) is 5.91 Å². The van der Waals surface area contributed by atoms with Crippen molar-refractivity contribution in [2.75, 3.05) is 19.8 Å². The van der Waals surface area contributed by atoms with Crippen LogP contribution >= 0.6 is 45.9 Å². The number of benzene rings is 1. The Labute approximate surface area is 183 Å². The quantitative estimate of drug-likeness (QED) is 0.532. The van der Waals surface area contributed by atoms with Crippen molar-refractivity contribution in [1.29, 1.82) is 0 Å². The largest absolute Gasteiger partial charge is 0.486 e. The molecule has 0 bridgehead atoms. The van der Waals surface area contributed by atoms with Crippen molar-refractivity contribution in [2.24, 2.45) is 4.99 Å². The Hall–Kier alpha value is -2.07. The highest BCUT2D eigenvalue weighted by Crippen LogP contribution is 2.36. The van der Waals surface area contributed by atoms with Crippen LogP contribution in [0.2, 0.25) is 8.67 Å². The molecule has 152 valence electrons. The van der Waals surface area contributed by atoms with Crippen molar-refractivity contribution in [3.63, 3.8) is 0 Å². The molecule has 0 saturated carbocycles. The fourth-order valence-corrected chi connectivity index (χ4v) is 5.30. The molecule has 3 aromatic rings. The van der Waals surface area contributed by atoms with E-state index in [2.05, 4.69) is 4.99 Å². The molecule has 0 atom stereocenters. The first-order valence-corrected chi connectivity index (χ1v) is 11.0. The molecule has 1 aliphatic heterocycles. The van der Waals surface area contributed by atoms with Crippen LogP contribution in [0, 0.1) is 0 Å². The number of hydrogen-bond donors (Lipinski definition) is 0. The van der Waals surface area contributed by atoms with Gasteiger partial charge in [0.05, 0.1) is 26.7 Å². The highest BCUT2D eigenvalue weighted by Gasteiger charge is 2.19. The molecule has 3 heterocycles. The Kier molecular flexibility index (Phi) is 5.82. The number of carbonyl (C=O) groups is 2. The van der Waals surface area contributed by atoms with Gasteiger partial charge in [-0.1, -0.05) is 34.5 Å². The lowest BCUT2D eigenvalue weighted by Crippen LogP contribution is -2.23. The minimum absolute atomic E-state index is 0.0995. The molecular weight excluding hydrogens is 459 g/mol. The number of carbonyl (C=O) groups excluding carboxylic acids is 2. The summed E-state index contributed by atoms with van der Waals surface area (Å²) in [4.78, 5) is 29.3. The first-order chi connectivity index (χ1) is 14.0. The van der Waals surface area contributed by atoms with Gasteiger partial charge in [-0.2, -0.15) is 4.99 Å². The van der Waals surface area contributed by atoms with E-state index < -0.39 is 11.9 Å². The average molecular weight is 473 g/mol. The fourth-order valence-electron chi connectivity index (χ4n) is 2.81. The summed E-state index contributed by atoms with van der Waals surface area (Å²) in [6.07, 6.45) is 0. The van der Waals surface area contributed by atoms with E-state index in [1.54, 1.807) is 17.6 Å². The summed E-state index contributed by atoms with van der Waals surface area (Å²) in [5, 5.41) is 0. The third-order valence-corrected chi connectivity index (χ3v) is 6.55. The smallest absolute Gasteiger partial charge is 0.326 e. The predicted octanol–water partition coefficient (Wildman–Crippen LogP) is 4.15. The molecule has 2 aromatic heterocycles. The van der Waals surface area contributed by atoms with Crippen LogP contribution in [-0.4, -0.2) is 36.3 Å². The van der Waals surface area contributed by atoms with E-state index in [0.717, 1.165) is 16.0 Å². The Balaban J connectivity index is 1.85. The lowest BCUT2D eigenvalue weighted by molar-refractivity contribution is -0.143. The van der Waals surface area contributed by atoms with Crippen molar-refractivity contribution >= 4 is 68.0 Å². The van der Waals surface area contributed by atoms with Crippen LogP contribution in [0.1, 0.15) is 17.3 Å². The summed E-state index contributed by atoms with van der Waals surface area (Å²) in [6.45, 7) is 2.78. The van der Waals surface area contributed by atoms with Crippen LogP contribution in [0.5, 0.6) is 11.5 Å². The summed E-state index contributed by atoms with van der Waals surface area (Å²) >= 11 is 14.4. The molecule has 11 heteroatoms. The molecule has 0 saturated heterocycles. The molecule has 29 heavy (non-hydrogen) atoms. The number of thiazole rings is 1. The van der Waals surface area contributed by atoms with Crippen LogP contribution in [0.25, 0.3) is 10.2 Å². The van der Waals surface area contributed by atoms with Gasteiger partial charge in [-0.3, -0.25) is 9.59 Å². The molecule has 0 unspecified atom stereocenters. The molecule has 1 amide bonds. The molecular formula is C18H14Cl2N2O5S2. The fraction of sp³-hybridized carbons (Fsp3) is 0.278. The van der Waals surface area contributed by atoms with Crippen molar-refractivity contribution in [3.05, 3.63) is 37.2 Å². The number of esters is 1. The van der Waals surface area contributed by atoms with Crippen LogP contribution in [0.4, 0.5) is 0 Å². The van der Waals surface area contributed by atoms with E-state index in [0.29, 0.717) is 39.4 Å². The topological polar surface area (TPSA) is 79.1 Å². The first kappa shape index (κ1) is 20.2. The maximum absolute atomic E-state index is 12.7. The van der Waals surface area contributed by atoms with Crippen LogP contribution in [0.3, 0.4) is 0 Å². The molecule has 0 fully saturated rings. The van der Waals surface area contributed by atoms with E-state index in [1.165, 1.54) is 17.4 Å². The third-order valence-electron chi connectivity index (χ3n) is 4.02. The summed E-state index contributed by atoms with van der Waals surface area (Å²) in [7, 11) is 0. The molecule has 1 aliphatic rings. The maximum atomic E-state index is 12.7. The predicted molar refractivity (Wildman–Crippen MR) is 112 cm³/mol. The Morgan fingerprint density at radius 2 is 1.90 bits per heavy atom. The number of hydrogen-bond acceptors (Lipinski definition) is 7. The van der Waals surface area contributed by atoms with Gasteiger partial charge in [-0.15, -0.1) is 11.3 Å². The van der Waals surface area contributed by atoms with Crippen molar-refractivity contribution in [2.45, 2.75) is 13.5 Å². The average Bonchev–Trinajstić information content (AvgIpc) is 3.19. The van der Waals surface area contributed by atoms with Crippen molar-refractivity contribution < 1.29 is 23.8 Å². The summed E-state index contributed by atoms with van der Waals surface area (Å²) in [6, 6.07) is 5.06. The van der Waals surface area contributed by atoms with Gasteiger partial charge in [0.15, 0.2) is 16.3 Å². The van der Waals surface area contributed by atoms with E-state index in [4.69, 9.17) is 37.4 Å². The van der Waals surface area contributed by atoms with Gasteiger partial charge in [0.1, 0.15) is 24.1 Å². The van der Waals surface area contributed by atoms with Gasteiger partial charge in [0.2, 0.25) is 0 Å². The van der Waals surface area contributed by atoms with E-state index in [-0.39, 0.29) is 23.1 Å². The van der Waals surface area contributed by atoms with Crippen molar-refractivity contribution in [1.82, 2.24) is 4.57 Å². The number of ether oxygens (including phenoxy) is 3. The molecule has 0 spiro atoms. The van der Waals surface area contributed by atoms with Crippen LogP contribution in [0.15, 0.2) is 23.2 Å². The van der Waals surface area contributed by atoms with E-state index in [9.17, 15) is 9.59 Å². The lowest BCUT2D eigenvalue weighted by Gasteiger charge is -2.18. The number of aromatic nitrogens is 1. The summed E-state index contributed by atoms with van der Waals surface area (Å²) < 4.78 is 19.4. The highest BCUT2D eigenvalue weighted by atomic mass is 35.5. The van der Waals surface area contributed by atoms with Gasteiger partial charge in [-0.25, -0.2) is 0 Å². The third kappa shape index (κ3) is 4.13. The SMILES string of the molecule is CCOC(=O)Cn1c(=NC(=O)c2cc(Cl)sc2Cl)sc2cc3c(cc21)OCCO3. The van der Waals surface area contributed by atoms with Crippen molar-refractivity contribution in [3.8, 4) is 11.5 Å². The molecule has 0 aliphatic carbocycles. The number of fused-ring (bicyclic) bond motifs is 2. The lowest BCUT2D eigenvalue weighted by atomic mass is 10.2. The number of thiophene rings is 1. The Bertz CT molecular complexity index is 1180. The highest BCUT2D eigenvalue weighted by molar-refractivity contribution is 7.20. The molecule has 7 nitrogen and oxygen atoms in total. The normalized spacial score (nSPS) is 13.7. The second kappa shape index (κ2) is 8.35. The summed E-state index contributed by atoms with van der Waals surface area (Å²) in [5.74, 6) is 0.204. The van der Waals surface area contributed by atoms with E-state index in [1.807, 2.05) is 6.07 Å². The minimum atomic E-state index is -0.542. The van der Waals surface area contributed by atoms with Crippen LogP contribution in [-0.2, 0) is 16.1 Å². The summed E-state index contributed by atoms with van der Waals surface area (Å²) in [5.41, 5.74) is 0.904. The zero-order valence-corrected chi connectivity index (χ0v) is 18.2. The number of amides is 1.